The monoisotopic (exact) mass is 309 g/mol. The van der Waals surface area contributed by atoms with E-state index >= 15 is 0 Å². The zero-order chi connectivity index (χ0) is 15.9. The summed E-state index contributed by atoms with van der Waals surface area (Å²) in [5, 5.41) is 11.8. The van der Waals surface area contributed by atoms with Crippen molar-refractivity contribution in [2.45, 2.75) is 38.1 Å². The number of hydrogen-bond acceptors (Lipinski definition) is 3. The van der Waals surface area contributed by atoms with E-state index in [0.29, 0.717) is 25.7 Å². The lowest BCUT2D eigenvalue weighted by Crippen LogP contribution is -2.33. The van der Waals surface area contributed by atoms with Gasteiger partial charge in [0.15, 0.2) is 11.6 Å². The lowest BCUT2D eigenvalue weighted by molar-refractivity contribution is -0.141. The van der Waals surface area contributed by atoms with E-state index in [4.69, 9.17) is 9.84 Å². The van der Waals surface area contributed by atoms with Crippen molar-refractivity contribution >= 4 is 11.9 Å². The zero-order valence-electron chi connectivity index (χ0n) is 12.3. The van der Waals surface area contributed by atoms with Gasteiger partial charge in [-0.3, -0.25) is 9.59 Å². The topological polar surface area (TPSA) is 75.6 Å². The van der Waals surface area contributed by atoms with Gasteiger partial charge in [-0.15, -0.1) is 0 Å². The molecule has 1 saturated carbocycles. The first kappa shape index (κ1) is 16.3. The first-order valence-corrected chi connectivity index (χ1v) is 7.45. The van der Waals surface area contributed by atoms with E-state index in [1.165, 1.54) is 6.07 Å². The van der Waals surface area contributed by atoms with Crippen LogP contribution in [0.1, 0.15) is 32.1 Å². The molecule has 1 amide bonds. The van der Waals surface area contributed by atoms with Crippen LogP contribution in [0.15, 0.2) is 24.3 Å². The summed E-state index contributed by atoms with van der Waals surface area (Å²) in [5.41, 5.74) is 0. The largest absolute Gasteiger partial charge is 0.491 e. The standard InChI is InChI=1S/C16H20FNO4/c17-13-4-1-2-5-14(13)22-9-3-6-15(19)18-12-8-7-11(10-12)16(20)21/h1-2,4-5,11-12H,3,6-10H2,(H,18,19)(H,20,21)/t11-,12+/m1/s1. The summed E-state index contributed by atoms with van der Waals surface area (Å²) < 4.78 is 18.6. The molecule has 0 radical (unpaired) electrons. The van der Waals surface area contributed by atoms with Crippen molar-refractivity contribution < 1.29 is 23.8 Å². The Hall–Kier alpha value is -2.11. The molecule has 1 aromatic carbocycles. The van der Waals surface area contributed by atoms with E-state index < -0.39 is 11.8 Å². The molecular formula is C16H20FNO4. The SMILES string of the molecule is O=C(CCCOc1ccccc1F)N[C@H]1CC[C@@H](C(=O)O)C1. The van der Waals surface area contributed by atoms with Crippen LogP contribution in [0, 0.1) is 11.7 Å². The number of hydrogen-bond donors (Lipinski definition) is 2. The van der Waals surface area contributed by atoms with Crippen molar-refractivity contribution in [3.05, 3.63) is 30.1 Å². The van der Waals surface area contributed by atoms with Crippen LogP contribution in [0.25, 0.3) is 0 Å². The minimum absolute atomic E-state index is 0.0545. The van der Waals surface area contributed by atoms with Crippen LogP contribution in [0.3, 0.4) is 0 Å². The van der Waals surface area contributed by atoms with Crippen LogP contribution in [0.5, 0.6) is 5.75 Å². The maximum Gasteiger partial charge on any atom is 0.306 e. The van der Waals surface area contributed by atoms with E-state index in [9.17, 15) is 14.0 Å². The number of benzene rings is 1. The van der Waals surface area contributed by atoms with Gasteiger partial charge >= 0.3 is 5.97 Å². The summed E-state index contributed by atoms with van der Waals surface area (Å²) in [5.74, 6) is -1.50. The fourth-order valence-corrected chi connectivity index (χ4v) is 2.61. The molecule has 0 saturated heterocycles. The number of aliphatic carboxylic acids is 1. The molecule has 2 N–H and O–H groups in total. The van der Waals surface area contributed by atoms with Gasteiger partial charge < -0.3 is 15.2 Å². The average Bonchev–Trinajstić information content (AvgIpc) is 2.94. The quantitative estimate of drug-likeness (QED) is 0.758. The Morgan fingerprint density at radius 1 is 1.32 bits per heavy atom. The number of carboxylic acid groups (broad SMARTS) is 1. The van der Waals surface area contributed by atoms with E-state index in [0.717, 1.165) is 0 Å². The third-order valence-corrected chi connectivity index (χ3v) is 3.79. The molecule has 0 spiro atoms. The van der Waals surface area contributed by atoms with Gasteiger partial charge in [0.2, 0.25) is 5.91 Å². The summed E-state index contributed by atoms with van der Waals surface area (Å²) in [6, 6.07) is 6.08. The van der Waals surface area contributed by atoms with Crippen molar-refractivity contribution in [1.82, 2.24) is 5.32 Å². The van der Waals surface area contributed by atoms with Crippen molar-refractivity contribution in [1.29, 1.82) is 0 Å². The second-order valence-corrected chi connectivity index (χ2v) is 5.50. The number of halogens is 1. The summed E-state index contributed by atoms with van der Waals surface area (Å²) >= 11 is 0. The number of nitrogens with one attached hydrogen (secondary N) is 1. The highest BCUT2D eigenvalue weighted by molar-refractivity contribution is 5.76. The van der Waals surface area contributed by atoms with Crippen LogP contribution >= 0.6 is 0 Å². The third kappa shape index (κ3) is 4.72. The lowest BCUT2D eigenvalue weighted by Gasteiger charge is -2.12. The number of amides is 1. The summed E-state index contributed by atoms with van der Waals surface area (Å²) in [6.45, 7) is 0.261. The molecule has 2 rings (SSSR count). The molecule has 0 heterocycles. The van der Waals surface area contributed by atoms with Crippen LogP contribution in [-0.2, 0) is 9.59 Å². The second-order valence-electron chi connectivity index (χ2n) is 5.50. The van der Waals surface area contributed by atoms with Gasteiger partial charge in [-0.05, 0) is 37.8 Å². The Morgan fingerprint density at radius 2 is 2.09 bits per heavy atom. The maximum absolute atomic E-state index is 13.3. The van der Waals surface area contributed by atoms with E-state index in [2.05, 4.69) is 5.32 Å². The van der Waals surface area contributed by atoms with Crippen molar-refractivity contribution in [3.63, 3.8) is 0 Å². The van der Waals surface area contributed by atoms with Gasteiger partial charge in [0.25, 0.3) is 0 Å². The third-order valence-electron chi connectivity index (χ3n) is 3.79. The molecular weight excluding hydrogens is 289 g/mol. The smallest absolute Gasteiger partial charge is 0.306 e. The Kier molecular flexibility index (Phi) is 5.75. The van der Waals surface area contributed by atoms with Gasteiger partial charge in [-0.25, -0.2) is 4.39 Å². The molecule has 22 heavy (non-hydrogen) atoms. The highest BCUT2D eigenvalue weighted by Gasteiger charge is 2.30. The predicted molar refractivity (Wildman–Crippen MR) is 78.0 cm³/mol. The summed E-state index contributed by atoms with van der Waals surface area (Å²) in [7, 11) is 0. The Labute approximate surface area is 128 Å². The number of carbonyl (C=O) groups is 2. The number of rotatable bonds is 7. The molecule has 1 fully saturated rings. The minimum Gasteiger partial charge on any atom is -0.491 e. The van der Waals surface area contributed by atoms with Crippen LogP contribution in [0.4, 0.5) is 4.39 Å². The number of ether oxygens (including phenoxy) is 1. The molecule has 1 aliphatic rings. The molecule has 2 atom stereocenters. The average molecular weight is 309 g/mol. The molecule has 0 aromatic heterocycles. The number of para-hydroxylation sites is 1. The molecule has 0 aliphatic heterocycles. The number of carbonyl (C=O) groups excluding carboxylic acids is 1. The second kappa shape index (κ2) is 7.77. The molecule has 0 unspecified atom stereocenters. The summed E-state index contributed by atoms with van der Waals surface area (Å²) in [6.07, 6.45) is 2.57. The normalized spacial score (nSPS) is 20.6. The Bertz CT molecular complexity index is 535. The lowest BCUT2D eigenvalue weighted by atomic mass is 10.1. The number of carboxylic acids is 1. The van der Waals surface area contributed by atoms with E-state index in [1.54, 1.807) is 18.2 Å². The fraction of sp³-hybridized carbons (Fsp3) is 0.500. The molecule has 5 nitrogen and oxygen atoms in total. The first-order valence-electron chi connectivity index (χ1n) is 7.45. The molecule has 0 bridgehead atoms. The molecule has 1 aromatic rings. The molecule has 6 heteroatoms. The van der Waals surface area contributed by atoms with Gasteiger partial charge in [0.05, 0.1) is 12.5 Å². The van der Waals surface area contributed by atoms with Gasteiger partial charge in [-0.2, -0.15) is 0 Å². The van der Waals surface area contributed by atoms with Crippen LogP contribution in [0.2, 0.25) is 0 Å². The van der Waals surface area contributed by atoms with Gasteiger partial charge in [0, 0.05) is 12.5 Å². The molecule has 120 valence electrons. The first-order chi connectivity index (χ1) is 10.6. The highest BCUT2D eigenvalue weighted by atomic mass is 19.1. The van der Waals surface area contributed by atoms with E-state index in [-0.39, 0.29) is 36.6 Å². The maximum atomic E-state index is 13.3. The van der Waals surface area contributed by atoms with Crippen molar-refractivity contribution in [3.8, 4) is 5.75 Å². The van der Waals surface area contributed by atoms with Gasteiger partial charge in [-0.1, -0.05) is 12.1 Å². The van der Waals surface area contributed by atoms with E-state index in [1.807, 2.05) is 0 Å². The predicted octanol–water partition coefficient (Wildman–Crippen LogP) is 2.35. The van der Waals surface area contributed by atoms with Gasteiger partial charge in [0.1, 0.15) is 0 Å². The fourth-order valence-electron chi connectivity index (χ4n) is 2.61. The van der Waals surface area contributed by atoms with Crippen molar-refractivity contribution in [2.75, 3.05) is 6.61 Å². The highest BCUT2D eigenvalue weighted by Crippen LogP contribution is 2.25. The molecule has 1 aliphatic carbocycles. The minimum atomic E-state index is -0.796. The van der Waals surface area contributed by atoms with Crippen LogP contribution < -0.4 is 10.1 Å². The zero-order valence-corrected chi connectivity index (χ0v) is 12.3. The Balaban J connectivity index is 1.62. The summed E-state index contributed by atoms with van der Waals surface area (Å²) in [4.78, 5) is 22.6. The van der Waals surface area contributed by atoms with Crippen LogP contribution in [-0.4, -0.2) is 29.6 Å². The van der Waals surface area contributed by atoms with Crippen molar-refractivity contribution in [2.24, 2.45) is 5.92 Å². The Morgan fingerprint density at radius 3 is 2.77 bits per heavy atom.